The minimum atomic E-state index is -0.417. The first-order chi connectivity index (χ1) is 12.5. The largest absolute Gasteiger partial charge is 0.469 e. The van der Waals surface area contributed by atoms with Crippen molar-refractivity contribution in [2.75, 3.05) is 0 Å². The smallest absolute Gasteiger partial charge is 0.220 e. The highest BCUT2D eigenvalue weighted by molar-refractivity contribution is 6.31. The number of carbonyl (C=O) groups excluding carboxylic acids is 2. The number of nitrogens with one attached hydrogen (secondary N) is 2. The van der Waals surface area contributed by atoms with E-state index in [1.54, 1.807) is 6.26 Å². The first-order valence-corrected chi connectivity index (χ1v) is 9.22. The Kier molecular flexibility index (Phi) is 5.67. The zero-order chi connectivity index (χ0) is 18.6. The van der Waals surface area contributed by atoms with Crippen molar-refractivity contribution in [3.63, 3.8) is 0 Å². The highest BCUT2D eigenvalue weighted by atomic mass is 35.5. The first-order valence-electron chi connectivity index (χ1n) is 8.85. The van der Waals surface area contributed by atoms with Crippen LogP contribution in [0.3, 0.4) is 0 Å². The molecule has 0 radical (unpaired) electrons. The zero-order valence-electron chi connectivity index (χ0n) is 14.8. The van der Waals surface area contributed by atoms with Gasteiger partial charge in [0.05, 0.1) is 12.3 Å². The third-order valence-corrected chi connectivity index (χ3v) is 5.25. The molecule has 1 aromatic carbocycles. The number of amides is 2. The summed E-state index contributed by atoms with van der Waals surface area (Å²) in [5, 5.41) is 6.68. The summed E-state index contributed by atoms with van der Waals surface area (Å²) in [6.45, 7) is 1.91. The van der Waals surface area contributed by atoms with Gasteiger partial charge in [0.15, 0.2) is 0 Å². The molecule has 3 rings (SSSR count). The number of carbonyl (C=O) groups is 2. The van der Waals surface area contributed by atoms with Crippen LogP contribution in [0.2, 0.25) is 5.02 Å². The van der Waals surface area contributed by atoms with Crippen molar-refractivity contribution in [3.8, 4) is 0 Å². The maximum atomic E-state index is 12.4. The number of hydrogen-bond donors (Lipinski definition) is 2. The summed E-state index contributed by atoms with van der Waals surface area (Å²) in [6, 6.07) is 11.0. The van der Waals surface area contributed by atoms with Gasteiger partial charge in [-0.15, -0.1) is 0 Å². The van der Waals surface area contributed by atoms with Gasteiger partial charge in [-0.3, -0.25) is 9.59 Å². The summed E-state index contributed by atoms with van der Waals surface area (Å²) < 4.78 is 5.43. The SMILES string of the molecule is C[C@@H](NC(=O)CC[C@]1(Cc2ccco2)CCC(=O)N1)c1ccccc1Cl. The van der Waals surface area contributed by atoms with E-state index in [0.717, 1.165) is 11.3 Å². The van der Waals surface area contributed by atoms with E-state index in [0.29, 0.717) is 37.1 Å². The number of benzene rings is 1. The topological polar surface area (TPSA) is 71.3 Å². The molecule has 26 heavy (non-hydrogen) atoms. The highest BCUT2D eigenvalue weighted by Crippen LogP contribution is 2.30. The highest BCUT2D eigenvalue weighted by Gasteiger charge is 2.38. The van der Waals surface area contributed by atoms with Crippen molar-refractivity contribution in [2.24, 2.45) is 0 Å². The van der Waals surface area contributed by atoms with Crippen molar-refractivity contribution in [2.45, 2.75) is 50.6 Å². The Bertz CT molecular complexity index is 775. The molecule has 5 nitrogen and oxygen atoms in total. The van der Waals surface area contributed by atoms with Gasteiger partial charge in [-0.2, -0.15) is 0 Å². The van der Waals surface area contributed by atoms with E-state index in [2.05, 4.69) is 10.6 Å². The Hall–Kier alpha value is -2.27. The van der Waals surface area contributed by atoms with Gasteiger partial charge in [-0.05, 0) is 43.5 Å². The fourth-order valence-electron chi connectivity index (χ4n) is 3.50. The summed E-state index contributed by atoms with van der Waals surface area (Å²) >= 11 is 6.19. The molecule has 1 aliphatic rings. The molecule has 2 heterocycles. The van der Waals surface area contributed by atoms with Crippen LogP contribution < -0.4 is 10.6 Å². The standard InChI is InChI=1S/C20H23ClN2O3/c1-14(16-6-2-3-7-17(16)21)22-18(24)8-10-20(11-9-19(25)23-20)13-15-5-4-12-26-15/h2-7,12,14H,8-11,13H2,1H3,(H,22,24)(H,23,25)/t14-,20-/m1/s1. The molecule has 1 fully saturated rings. The van der Waals surface area contributed by atoms with Gasteiger partial charge in [0.1, 0.15) is 5.76 Å². The normalized spacial score (nSPS) is 20.6. The van der Waals surface area contributed by atoms with Crippen LogP contribution in [0.25, 0.3) is 0 Å². The molecule has 1 aliphatic heterocycles. The molecule has 0 aliphatic carbocycles. The maximum absolute atomic E-state index is 12.4. The molecule has 6 heteroatoms. The van der Waals surface area contributed by atoms with Crippen LogP contribution in [0.15, 0.2) is 47.1 Å². The summed E-state index contributed by atoms with van der Waals surface area (Å²) in [7, 11) is 0. The number of halogens is 1. The van der Waals surface area contributed by atoms with Gasteiger partial charge in [0.25, 0.3) is 0 Å². The third-order valence-electron chi connectivity index (χ3n) is 4.91. The number of rotatable bonds is 7. The summed E-state index contributed by atoms with van der Waals surface area (Å²) in [6.07, 6.45) is 4.31. The van der Waals surface area contributed by atoms with Crippen molar-refractivity contribution in [3.05, 3.63) is 59.0 Å². The van der Waals surface area contributed by atoms with Crippen LogP contribution in [0.4, 0.5) is 0 Å². The molecule has 0 saturated carbocycles. The van der Waals surface area contributed by atoms with E-state index in [1.807, 2.05) is 43.3 Å². The van der Waals surface area contributed by atoms with Crippen molar-refractivity contribution >= 4 is 23.4 Å². The predicted octanol–water partition coefficient (Wildman–Crippen LogP) is 3.78. The van der Waals surface area contributed by atoms with Crippen LogP contribution in [-0.4, -0.2) is 17.4 Å². The van der Waals surface area contributed by atoms with Crippen LogP contribution in [0, 0.1) is 0 Å². The Balaban J connectivity index is 1.59. The van der Waals surface area contributed by atoms with Crippen molar-refractivity contribution in [1.29, 1.82) is 0 Å². The van der Waals surface area contributed by atoms with E-state index in [1.165, 1.54) is 0 Å². The van der Waals surface area contributed by atoms with E-state index in [-0.39, 0.29) is 17.9 Å². The molecule has 2 N–H and O–H groups in total. The minimum absolute atomic E-state index is 0.0291. The quantitative estimate of drug-likeness (QED) is 0.774. The van der Waals surface area contributed by atoms with Crippen LogP contribution in [0.5, 0.6) is 0 Å². The summed E-state index contributed by atoms with van der Waals surface area (Å²) in [5.41, 5.74) is 0.474. The molecular formula is C20H23ClN2O3. The van der Waals surface area contributed by atoms with E-state index >= 15 is 0 Å². The molecular weight excluding hydrogens is 352 g/mol. The van der Waals surface area contributed by atoms with Crippen molar-refractivity contribution < 1.29 is 14.0 Å². The lowest BCUT2D eigenvalue weighted by Crippen LogP contribution is -2.44. The zero-order valence-corrected chi connectivity index (χ0v) is 15.5. The molecule has 2 atom stereocenters. The second-order valence-electron chi connectivity index (χ2n) is 6.90. The Morgan fingerprint density at radius 1 is 1.35 bits per heavy atom. The second-order valence-corrected chi connectivity index (χ2v) is 7.30. The van der Waals surface area contributed by atoms with Gasteiger partial charge >= 0.3 is 0 Å². The van der Waals surface area contributed by atoms with E-state index in [4.69, 9.17) is 16.0 Å². The van der Waals surface area contributed by atoms with Crippen molar-refractivity contribution in [1.82, 2.24) is 10.6 Å². The van der Waals surface area contributed by atoms with Crippen LogP contribution in [0.1, 0.15) is 50.0 Å². The van der Waals surface area contributed by atoms with Crippen LogP contribution >= 0.6 is 11.6 Å². The Labute approximate surface area is 158 Å². The molecule has 0 unspecified atom stereocenters. The van der Waals surface area contributed by atoms with E-state index < -0.39 is 5.54 Å². The first kappa shape index (κ1) is 18.5. The van der Waals surface area contributed by atoms with Gasteiger partial charge in [-0.1, -0.05) is 29.8 Å². The van der Waals surface area contributed by atoms with Gasteiger partial charge in [0, 0.05) is 29.8 Å². The summed E-state index contributed by atoms with van der Waals surface area (Å²) in [4.78, 5) is 24.2. The number of furan rings is 1. The summed E-state index contributed by atoms with van der Waals surface area (Å²) in [5.74, 6) is 0.788. The molecule has 1 saturated heterocycles. The lowest BCUT2D eigenvalue weighted by atomic mass is 9.87. The Morgan fingerprint density at radius 2 is 2.15 bits per heavy atom. The lowest BCUT2D eigenvalue weighted by molar-refractivity contribution is -0.123. The maximum Gasteiger partial charge on any atom is 0.220 e. The fraction of sp³-hybridized carbons (Fsp3) is 0.400. The molecule has 138 valence electrons. The molecule has 2 amide bonds. The minimum Gasteiger partial charge on any atom is -0.469 e. The lowest BCUT2D eigenvalue weighted by Gasteiger charge is -2.28. The molecule has 2 aromatic rings. The average Bonchev–Trinajstić information content (AvgIpc) is 3.24. The molecule has 1 aromatic heterocycles. The second kappa shape index (κ2) is 7.96. The van der Waals surface area contributed by atoms with E-state index in [9.17, 15) is 9.59 Å². The van der Waals surface area contributed by atoms with Crippen LogP contribution in [-0.2, 0) is 16.0 Å². The predicted molar refractivity (Wildman–Crippen MR) is 99.8 cm³/mol. The van der Waals surface area contributed by atoms with Gasteiger partial charge < -0.3 is 15.1 Å². The monoisotopic (exact) mass is 374 g/mol. The average molecular weight is 375 g/mol. The third kappa shape index (κ3) is 4.47. The van der Waals surface area contributed by atoms with Gasteiger partial charge in [0.2, 0.25) is 11.8 Å². The number of hydrogen-bond acceptors (Lipinski definition) is 3. The Morgan fingerprint density at radius 3 is 2.81 bits per heavy atom. The fourth-order valence-corrected chi connectivity index (χ4v) is 3.80. The molecule has 0 spiro atoms. The molecule has 0 bridgehead atoms. The van der Waals surface area contributed by atoms with Gasteiger partial charge in [-0.25, -0.2) is 0 Å².